The van der Waals surface area contributed by atoms with Gasteiger partial charge in [-0.15, -0.1) is 0 Å². The summed E-state index contributed by atoms with van der Waals surface area (Å²) in [4.78, 5) is 22.3. The van der Waals surface area contributed by atoms with Gasteiger partial charge in [-0.1, -0.05) is 38.5 Å². The van der Waals surface area contributed by atoms with Crippen LogP contribution in [0.25, 0.3) is 0 Å². The Morgan fingerprint density at radius 1 is 0.679 bits per heavy atom. The largest absolute Gasteiger partial charge is 0.481 e. The lowest BCUT2D eigenvalue weighted by atomic mass is 9.86. The van der Waals surface area contributed by atoms with Crippen molar-refractivity contribution < 1.29 is 29.3 Å². The van der Waals surface area contributed by atoms with Gasteiger partial charge in [0.1, 0.15) is 0 Å². The molecule has 0 bridgehead atoms. The number of hydrogen-bond donors (Lipinski definition) is 2. The molecule has 0 aliphatic carbocycles. The van der Waals surface area contributed by atoms with Gasteiger partial charge in [-0.05, 0) is 53.4 Å². The Morgan fingerprint density at radius 2 is 1.00 bits per heavy atom. The number of ether oxygens (including phenoxy) is 2. The molecule has 0 aliphatic heterocycles. The molecular formula is C22H42O6. The van der Waals surface area contributed by atoms with Crippen molar-refractivity contribution in [1.82, 2.24) is 0 Å². The molecule has 0 aromatic rings. The van der Waals surface area contributed by atoms with E-state index < -0.39 is 22.8 Å². The van der Waals surface area contributed by atoms with E-state index in [1.54, 1.807) is 41.9 Å². The van der Waals surface area contributed by atoms with Crippen molar-refractivity contribution in [2.45, 2.75) is 104 Å². The van der Waals surface area contributed by atoms with Crippen LogP contribution in [0, 0.1) is 10.8 Å². The molecular weight excluding hydrogens is 360 g/mol. The molecule has 2 atom stereocenters. The zero-order valence-corrected chi connectivity index (χ0v) is 18.8. The van der Waals surface area contributed by atoms with Crippen molar-refractivity contribution in [1.29, 1.82) is 0 Å². The maximum Gasteiger partial charge on any atom is 0.309 e. The lowest BCUT2D eigenvalue weighted by molar-refractivity contribution is -0.148. The maximum atomic E-state index is 11.1. The molecule has 2 N–H and O–H groups in total. The van der Waals surface area contributed by atoms with E-state index in [0.29, 0.717) is 12.8 Å². The van der Waals surface area contributed by atoms with Crippen LogP contribution in [0.2, 0.25) is 0 Å². The number of carboxylic acid groups (broad SMARTS) is 2. The van der Waals surface area contributed by atoms with Gasteiger partial charge in [0.05, 0.1) is 23.0 Å². The highest BCUT2D eigenvalue weighted by Crippen LogP contribution is 2.26. The Kier molecular flexibility index (Phi) is 12.6. The third-order valence-electron chi connectivity index (χ3n) is 5.76. The normalized spacial score (nSPS) is 14.6. The van der Waals surface area contributed by atoms with E-state index in [0.717, 1.165) is 51.4 Å². The number of carbonyl (C=O) groups is 2. The quantitative estimate of drug-likeness (QED) is 0.327. The van der Waals surface area contributed by atoms with Crippen LogP contribution in [-0.4, -0.2) is 48.6 Å². The molecule has 0 heterocycles. The van der Waals surface area contributed by atoms with Gasteiger partial charge in [0.2, 0.25) is 0 Å². The second kappa shape index (κ2) is 13.2. The van der Waals surface area contributed by atoms with E-state index in [2.05, 4.69) is 0 Å². The van der Waals surface area contributed by atoms with Gasteiger partial charge in [0.15, 0.2) is 0 Å². The Balaban J connectivity index is 4.13. The van der Waals surface area contributed by atoms with E-state index in [4.69, 9.17) is 19.7 Å². The third-order valence-corrected chi connectivity index (χ3v) is 5.76. The second-order valence-corrected chi connectivity index (χ2v) is 9.13. The summed E-state index contributed by atoms with van der Waals surface area (Å²) in [6, 6.07) is 0. The van der Waals surface area contributed by atoms with Crippen LogP contribution in [0.4, 0.5) is 0 Å². The van der Waals surface area contributed by atoms with Crippen molar-refractivity contribution in [3.05, 3.63) is 0 Å². The first-order chi connectivity index (χ1) is 13.0. The van der Waals surface area contributed by atoms with Crippen LogP contribution in [-0.2, 0) is 19.1 Å². The molecule has 0 saturated carbocycles. The molecule has 0 aromatic heterocycles. The molecule has 0 radical (unpaired) electrons. The zero-order chi connectivity index (χ0) is 21.8. The number of unbranched alkanes of at least 4 members (excludes halogenated alkanes) is 4. The fraction of sp³-hybridized carbons (Fsp3) is 0.909. The monoisotopic (exact) mass is 402 g/mol. The lowest BCUT2D eigenvalue weighted by Gasteiger charge is -2.25. The topological polar surface area (TPSA) is 93.1 Å². The molecule has 6 heteroatoms. The fourth-order valence-electron chi connectivity index (χ4n) is 3.30. The maximum absolute atomic E-state index is 11.1. The van der Waals surface area contributed by atoms with Gasteiger partial charge < -0.3 is 19.7 Å². The van der Waals surface area contributed by atoms with Crippen LogP contribution in [0.3, 0.4) is 0 Å². The highest BCUT2D eigenvalue weighted by Gasteiger charge is 2.27. The van der Waals surface area contributed by atoms with Gasteiger partial charge in [-0.25, -0.2) is 0 Å². The molecule has 0 spiro atoms. The molecule has 6 nitrogen and oxygen atoms in total. The Hall–Kier alpha value is -1.14. The molecule has 28 heavy (non-hydrogen) atoms. The second-order valence-electron chi connectivity index (χ2n) is 9.13. The summed E-state index contributed by atoms with van der Waals surface area (Å²) in [5.74, 6) is -1.48. The SMILES string of the molecule is CO[C@@H](CCCCCC(C)(C)C(=O)O)[C@@H](CCCCCC(C)(C)C(=O)O)OC. The summed E-state index contributed by atoms with van der Waals surface area (Å²) in [5.41, 5.74) is -1.32. The van der Waals surface area contributed by atoms with Crippen molar-refractivity contribution in [2.75, 3.05) is 14.2 Å². The Morgan fingerprint density at radius 3 is 1.25 bits per heavy atom. The first kappa shape index (κ1) is 26.9. The van der Waals surface area contributed by atoms with E-state index in [-0.39, 0.29) is 12.2 Å². The number of hydrogen-bond acceptors (Lipinski definition) is 4. The standard InChI is InChI=1S/C22H42O6/c1-21(2,19(23)24)15-11-7-9-13-17(27-5)18(28-6)14-10-8-12-16-22(3,4)20(25)26/h17-18H,7-16H2,1-6H3,(H,23,24)(H,25,26)/t17-,18+. The summed E-state index contributed by atoms with van der Waals surface area (Å²) >= 11 is 0. The summed E-state index contributed by atoms with van der Waals surface area (Å²) in [5, 5.41) is 18.3. The molecule has 0 fully saturated rings. The van der Waals surface area contributed by atoms with Crippen molar-refractivity contribution in [2.24, 2.45) is 10.8 Å². The predicted octanol–water partition coefficient (Wildman–Crippen LogP) is 5.14. The van der Waals surface area contributed by atoms with E-state index in [1.165, 1.54) is 0 Å². The number of carboxylic acids is 2. The average Bonchev–Trinajstić information content (AvgIpc) is 2.61. The summed E-state index contributed by atoms with van der Waals surface area (Å²) < 4.78 is 11.3. The van der Waals surface area contributed by atoms with Crippen molar-refractivity contribution in [3.8, 4) is 0 Å². The highest BCUT2D eigenvalue weighted by molar-refractivity contribution is 5.73. The number of aliphatic carboxylic acids is 2. The van der Waals surface area contributed by atoms with Crippen LogP contribution in [0.15, 0.2) is 0 Å². The molecule has 0 aromatic carbocycles. The number of methoxy groups -OCH3 is 2. The summed E-state index contributed by atoms with van der Waals surface area (Å²) in [6.07, 6.45) is 8.96. The van der Waals surface area contributed by atoms with E-state index in [9.17, 15) is 9.59 Å². The van der Waals surface area contributed by atoms with Crippen molar-refractivity contribution >= 4 is 11.9 Å². The zero-order valence-electron chi connectivity index (χ0n) is 18.8. The first-order valence-corrected chi connectivity index (χ1v) is 10.5. The predicted molar refractivity (Wildman–Crippen MR) is 111 cm³/mol. The third kappa shape index (κ3) is 10.4. The van der Waals surface area contributed by atoms with Crippen molar-refractivity contribution in [3.63, 3.8) is 0 Å². The number of rotatable bonds is 17. The molecule has 0 amide bonds. The molecule has 0 saturated heterocycles. The summed E-state index contributed by atoms with van der Waals surface area (Å²) in [7, 11) is 3.42. The lowest BCUT2D eigenvalue weighted by Crippen LogP contribution is -2.30. The molecule has 0 aliphatic rings. The molecule has 0 rings (SSSR count). The van der Waals surface area contributed by atoms with Crippen LogP contribution in [0.5, 0.6) is 0 Å². The minimum Gasteiger partial charge on any atom is -0.481 e. The minimum atomic E-state index is -0.742. The Labute approximate surface area is 171 Å². The van der Waals surface area contributed by atoms with Crippen LogP contribution in [0.1, 0.15) is 91.9 Å². The average molecular weight is 403 g/mol. The molecule has 0 unspecified atom stereocenters. The Bertz CT molecular complexity index is 416. The fourth-order valence-corrected chi connectivity index (χ4v) is 3.30. The highest BCUT2D eigenvalue weighted by atomic mass is 16.5. The van der Waals surface area contributed by atoms with Crippen LogP contribution >= 0.6 is 0 Å². The van der Waals surface area contributed by atoms with Gasteiger partial charge >= 0.3 is 11.9 Å². The summed E-state index contributed by atoms with van der Waals surface area (Å²) in [6.45, 7) is 7.08. The van der Waals surface area contributed by atoms with Gasteiger partial charge in [0.25, 0.3) is 0 Å². The van der Waals surface area contributed by atoms with Gasteiger partial charge in [0, 0.05) is 14.2 Å². The van der Waals surface area contributed by atoms with E-state index in [1.807, 2.05) is 0 Å². The van der Waals surface area contributed by atoms with Crippen LogP contribution < -0.4 is 0 Å². The first-order valence-electron chi connectivity index (χ1n) is 10.5. The van der Waals surface area contributed by atoms with Gasteiger partial charge in [-0.2, -0.15) is 0 Å². The van der Waals surface area contributed by atoms with Gasteiger partial charge in [-0.3, -0.25) is 9.59 Å². The molecule has 166 valence electrons. The smallest absolute Gasteiger partial charge is 0.309 e. The van der Waals surface area contributed by atoms with E-state index >= 15 is 0 Å². The minimum absolute atomic E-state index is 0.0351.